The summed E-state index contributed by atoms with van der Waals surface area (Å²) in [6.07, 6.45) is 9.51. The molecule has 2 rings (SSSR count). The van der Waals surface area contributed by atoms with Gasteiger partial charge in [0, 0.05) is 12.6 Å². The number of rotatable bonds is 3. The number of nitrogens with two attached hydrogens (primary N) is 1. The van der Waals surface area contributed by atoms with Gasteiger partial charge >= 0.3 is 0 Å². The maximum Gasteiger partial charge on any atom is 0.00390 e. The Morgan fingerprint density at radius 1 is 0.938 bits per heavy atom. The molecule has 0 aromatic rings. The van der Waals surface area contributed by atoms with Crippen LogP contribution in [0.4, 0.5) is 0 Å². The van der Waals surface area contributed by atoms with E-state index in [1.165, 1.54) is 64.6 Å². The van der Waals surface area contributed by atoms with Crippen molar-refractivity contribution in [3.63, 3.8) is 0 Å². The summed E-state index contributed by atoms with van der Waals surface area (Å²) >= 11 is 0. The smallest absolute Gasteiger partial charge is 0.00390 e. The minimum Gasteiger partial charge on any atom is -0.328 e. The van der Waals surface area contributed by atoms with E-state index in [9.17, 15) is 0 Å². The highest BCUT2D eigenvalue weighted by molar-refractivity contribution is 4.79. The molecule has 0 bridgehead atoms. The fraction of sp³-hybridized carbons (Fsp3) is 1.00. The molecule has 1 saturated carbocycles. The molecule has 2 heteroatoms. The van der Waals surface area contributed by atoms with Crippen molar-refractivity contribution < 1.29 is 0 Å². The number of nitrogens with zero attached hydrogens (tertiary/aromatic N) is 1. The molecule has 16 heavy (non-hydrogen) atoms. The van der Waals surface area contributed by atoms with E-state index in [4.69, 9.17) is 5.73 Å². The molecule has 1 aliphatic heterocycles. The van der Waals surface area contributed by atoms with E-state index < -0.39 is 0 Å². The number of hydrogen-bond acceptors (Lipinski definition) is 2. The van der Waals surface area contributed by atoms with E-state index in [1.54, 1.807) is 0 Å². The van der Waals surface area contributed by atoms with E-state index in [0.29, 0.717) is 6.04 Å². The number of likely N-dealkylation sites (tertiary alicyclic amines) is 1. The largest absolute Gasteiger partial charge is 0.328 e. The van der Waals surface area contributed by atoms with Crippen LogP contribution in [0.25, 0.3) is 0 Å². The zero-order valence-corrected chi connectivity index (χ0v) is 10.8. The second-order valence-corrected chi connectivity index (χ2v) is 5.93. The Kier molecular flexibility index (Phi) is 4.66. The summed E-state index contributed by atoms with van der Waals surface area (Å²) in [6, 6.07) is 0.502. The fourth-order valence-electron chi connectivity index (χ4n) is 3.31. The Labute approximate surface area is 101 Å². The summed E-state index contributed by atoms with van der Waals surface area (Å²) in [7, 11) is 0. The van der Waals surface area contributed by atoms with Crippen molar-refractivity contribution in [2.24, 2.45) is 17.6 Å². The van der Waals surface area contributed by atoms with Crippen LogP contribution in [-0.2, 0) is 0 Å². The molecule has 0 aromatic heterocycles. The van der Waals surface area contributed by atoms with Gasteiger partial charge < -0.3 is 10.6 Å². The van der Waals surface area contributed by atoms with E-state index >= 15 is 0 Å². The van der Waals surface area contributed by atoms with Crippen LogP contribution in [-0.4, -0.2) is 30.6 Å². The van der Waals surface area contributed by atoms with Gasteiger partial charge in [-0.1, -0.05) is 13.3 Å². The Balaban J connectivity index is 1.66. The SMILES string of the molecule is CCC1CCN(CC2CCC(N)CC2)CC1. The monoisotopic (exact) mass is 224 g/mol. The zero-order chi connectivity index (χ0) is 11.4. The van der Waals surface area contributed by atoms with Crippen molar-refractivity contribution in [3.05, 3.63) is 0 Å². The first kappa shape index (κ1) is 12.4. The van der Waals surface area contributed by atoms with Crippen molar-refractivity contribution in [3.8, 4) is 0 Å². The summed E-state index contributed by atoms with van der Waals surface area (Å²) in [4.78, 5) is 2.70. The van der Waals surface area contributed by atoms with Gasteiger partial charge in [-0.2, -0.15) is 0 Å². The summed E-state index contributed by atoms with van der Waals surface area (Å²) < 4.78 is 0. The second kappa shape index (κ2) is 6.02. The molecule has 0 unspecified atom stereocenters. The van der Waals surface area contributed by atoms with Crippen LogP contribution in [0.3, 0.4) is 0 Å². The highest BCUT2D eigenvalue weighted by Crippen LogP contribution is 2.26. The van der Waals surface area contributed by atoms with Crippen molar-refractivity contribution in [1.82, 2.24) is 4.90 Å². The Morgan fingerprint density at radius 2 is 1.56 bits per heavy atom. The van der Waals surface area contributed by atoms with E-state index in [1.807, 2.05) is 0 Å². The Hall–Kier alpha value is -0.0800. The third kappa shape index (κ3) is 3.46. The zero-order valence-electron chi connectivity index (χ0n) is 10.8. The molecular formula is C14H28N2. The predicted octanol–water partition coefficient (Wildman–Crippen LogP) is 2.63. The lowest BCUT2D eigenvalue weighted by Gasteiger charge is -2.36. The standard InChI is InChI=1S/C14H28N2/c1-2-12-7-9-16(10-8-12)11-13-3-5-14(15)6-4-13/h12-14H,2-11,15H2,1H3. The Bertz CT molecular complexity index is 189. The fourth-order valence-corrected chi connectivity index (χ4v) is 3.31. The molecule has 2 nitrogen and oxygen atoms in total. The van der Waals surface area contributed by atoms with Gasteiger partial charge in [-0.05, 0) is 63.5 Å². The number of piperidine rings is 1. The molecule has 1 saturated heterocycles. The van der Waals surface area contributed by atoms with Gasteiger partial charge in [0.15, 0.2) is 0 Å². The summed E-state index contributed by atoms with van der Waals surface area (Å²) in [5.41, 5.74) is 5.95. The van der Waals surface area contributed by atoms with Crippen LogP contribution in [0.1, 0.15) is 51.9 Å². The minimum atomic E-state index is 0.502. The van der Waals surface area contributed by atoms with Crippen molar-refractivity contribution >= 4 is 0 Å². The van der Waals surface area contributed by atoms with Gasteiger partial charge in [0.1, 0.15) is 0 Å². The molecule has 0 radical (unpaired) electrons. The van der Waals surface area contributed by atoms with Crippen LogP contribution >= 0.6 is 0 Å². The molecule has 1 aliphatic carbocycles. The molecule has 0 spiro atoms. The summed E-state index contributed by atoms with van der Waals surface area (Å²) in [5.74, 6) is 1.95. The van der Waals surface area contributed by atoms with E-state index in [2.05, 4.69) is 11.8 Å². The van der Waals surface area contributed by atoms with E-state index in [0.717, 1.165) is 11.8 Å². The minimum absolute atomic E-state index is 0.502. The van der Waals surface area contributed by atoms with E-state index in [-0.39, 0.29) is 0 Å². The third-order valence-corrected chi connectivity index (χ3v) is 4.69. The maximum atomic E-state index is 5.95. The number of hydrogen-bond donors (Lipinski definition) is 1. The second-order valence-electron chi connectivity index (χ2n) is 5.93. The first-order valence-electron chi connectivity index (χ1n) is 7.26. The molecule has 2 fully saturated rings. The molecule has 1 heterocycles. The van der Waals surface area contributed by atoms with Crippen molar-refractivity contribution in [2.45, 2.75) is 57.9 Å². The lowest BCUT2D eigenvalue weighted by atomic mass is 9.85. The van der Waals surface area contributed by atoms with Crippen LogP contribution in [0, 0.1) is 11.8 Å². The van der Waals surface area contributed by atoms with Gasteiger partial charge in [-0.3, -0.25) is 0 Å². The maximum absolute atomic E-state index is 5.95. The van der Waals surface area contributed by atoms with Crippen LogP contribution in [0.2, 0.25) is 0 Å². The molecule has 2 aliphatic rings. The third-order valence-electron chi connectivity index (χ3n) is 4.69. The van der Waals surface area contributed by atoms with Gasteiger partial charge in [0.25, 0.3) is 0 Å². The molecule has 0 atom stereocenters. The van der Waals surface area contributed by atoms with Crippen LogP contribution < -0.4 is 5.73 Å². The average molecular weight is 224 g/mol. The van der Waals surface area contributed by atoms with Gasteiger partial charge in [-0.15, -0.1) is 0 Å². The summed E-state index contributed by atoms with van der Waals surface area (Å²) in [5, 5.41) is 0. The van der Waals surface area contributed by atoms with Gasteiger partial charge in [0.2, 0.25) is 0 Å². The first-order chi connectivity index (χ1) is 7.78. The molecule has 94 valence electrons. The first-order valence-corrected chi connectivity index (χ1v) is 7.26. The average Bonchev–Trinajstić information content (AvgIpc) is 2.33. The predicted molar refractivity (Wildman–Crippen MR) is 69.4 cm³/mol. The highest BCUT2D eigenvalue weighted by atomic mass is 15.1. The van der Waals surface area contributed by atoms with Crippen LogP contribution in [0.15, 0.2) is 0 Å². The lowest BCUT2D eigenvalue weighted by molar-refractivity contribution is 0.141. The topological polar surface area (TPSA) is 29.3 Å². The molecule has 2 N–H and O–H groups in total. The normalized spacial score (nSPS) is 34.1. The van der Waals surface area contributed by atoms with Gasteiger partial charge in [0.05, 0.1) is 0 Å². The van der Waals surface area contributed by atoms with Crippen LogP contribution in [0.5, 0.6) is 0 Å². The molecular weight excluding hydrogens is 196 g/mol. The summed E-state index contributed by atoms with van der Waals surface area (Å²) in [6.45, 7) is 6.38. The molecule has 0 amide bonds. The lowest BCUT2D eigenvalue weighted by Crippen LogP contribution is -2.39. The molecule has 0 aromatic carbocycles. The van der Waals surface area contributed by atoms with Gasteiger partial charge in [-0.25, -0.2) is 0 Å². The quantitative estimate of drug-likeness (QED) is 0.798. The van der Waals surface area contributed by atoms with Crippen molar-refractivity contribution in [2.75, 3.05) is 19.6 Å². The highest BCUT2D eigenvalue weighted by Gasteiger charge is 2.23. The van der Waals surface area contributed by atoms with Crippen molar-refractivity contribution in [1.29, 1.82) is 0 Å². The Morgan fingerprint density at radius 3 is 2.12 bits per heavy atom.